The predicted octanol–water partition coefficient (Wildman–Crippen LogP) is 0.860. The molecule has 6 heteroatoms. The number of rotatable bonds is 1. The monoisotopic (exact) mass is 209 g/mol. The van der Waals surface area contributed by atoms with Gasteiger partial charge in [-0.15, -0.1) is 0 Å². The highest BCUT2D eigenvalue weighted by atomic mass is 32.1. The minimum absolute atomic E-state index is 0.205. The molecule has 2 N–H and O–H groups in total. The molecule has 0 aromatic carbocycles. The van der Waals surface area contributed by atoms with Gasteiger partial charge in [-0.3, -0.25) is 0 Å². The van der Waals surface area contributed by atoms with Gasteiger partial charge in [0.2, 0.25) is 11.1 Å². The van der Waals surface area contributed by atoms with E-state index in [9.17, 15) is 0 Å². The molecule has 2 rings (SSSR count). The van der Waals surface area contributed by atoms with Gasteiger partial charge in [0.15, 0.2) is 0 Å². The topological polar surface area (TPSA) is 78.8 Å². The van der Waals surface area contributed by atoms with Crippen molar-refractivity contribution in [3.8, 4) is 6.07 Å². The standard InChI is InChI=1S/C8H11N5S/c9-5-6-1-3-13(4-2-6)8-11-7(10)12-14-8/h6H,1-4H2,(H2,10,12). The lowest BCUT2D eigenvalue weighted by atomic mass is 9.99. The first kappa shape index (κ1) is 9.21. The van der Waals surface area contributed by atoms with Crippen LogP contribution in [0.15, 0.2) is 0 Å². The van der Waals surface area contributed by atoms with E-state index >= 15 is 0 Å². The summed E-state index contributed by atoms with van der Waals surface area (Å²) in [6, 6.07) is 2.30. The maximum atomic E-state index is 8.74. The summed E-state index contributed by atoms with van der Waals surface area (Å²) in [6.45, 7) is 1.76. The second-order valence-corrected chi connectivity index (χ2v) is 4.06. The lowest BCUT2D eigenvalue weighted by Crippen LogP contribution is -2.33. The van der Waals surface area contributed by atoms with Crippen LogP contribution in [-0.2, 0) is 0 Å². The zero-order valence-electron chi connectivity index (χ0n) is 7.68. The van der Waals surface area contributed by atoms with Crippen LogP contribution in [0.3, 0.4) is 0 Å². The average Bonchev–Trinajstić information content (AvgIpc) is 2.65. The first-order valence-electron chi connectivity index (χ1n) is 4.53. The summed E-state index contributed by atoms with van der Waals surface area (Å²) in [7, 11) is 0. The number of hydrogen-bond acceptors (Lipinski definition) is 6. The summed E-state index contributed by atoms with van der Waals surface area (Å²) >= 11 is 1.32. The van der Waals surface area contributed by atoms with Gasteiger partial charge in [0.05, 0.1) is 6.07 Å². The lowest BCUT2D eigenvalue weighted by Gasteiger charge is -2.28. The van der Waals surface area contributed by atoms with Gasteiger partial charge in [0, 0.05) is 30.5 Å². The van der Waals surface area contributed by atoms with Gasteiger partial charge in [-0.2, -0.15) is 14.6 Å². The molecule has 5 nitrogen and oxygen atoms in total. The van der Waals surface area contributed by atoms with E-state index in [0.717, 1.165) is 31.1 Å². The van der Waals surface area contributed by atoms with Crippen molar-refractivity contribution in [1.82, 2.24) is 9.36 Å². The van der Waals surface area contributed by atoms with Crippen LogP contribution in [-0.4, -0.2) is 22.4 Å². The molecule has 0 saturated carbocycles. The van der Waals surface area contributed by atoms with Crippen LogP contribution in [0.5, 0.6) is 0 Å². The van der Waals surface area contributed by atoms with Crippen LogP contribution in [0.25, 0.3) is 0 Å². The zero-order chi connectivity index (χ0) is 9.97. The van der Waals surface area contributed by atoms with Crippen LogP contribution in [0.4, 0.5) is 11.1 Å². The van der Waals surface area contributed by atoms with Crippen molar-refractivity contribution in [3.63, 3.8) is 0 Å². The number of anilines is 2. The summed E-state index contributed by atoms with van der Waals surface area (Å²) in [6.07, 6.45) is 1.83. The summed E-state index contributed by atoms with van der Waals surface area (Å²) < 4.78 is 3.93. The molecule has 0 bridgehead atoms. The predicted molar refractivity (Wildman–Crippen MR) is 54.9 cm³/mol. The fourth-order valence-electron chi connectivity index (χ4n) is 1.55. The Hall–Kier alpha value is -1.35. The van der Waals surface area contributed by atoms with E-state index in [-0.39, 0.29) is 5.92 Å². The van der Waals surface area contributed by atoms with Crippen molar-refractivity contribution in [2.75, 3.05) is 23.7 Å². The number of nitrogen functional groups attached to an aromatic ring is 1. The molecular weight excluding hydrogens is 198 g/mol. The molecular formula is C8H11N5S. The molecule has 1 saturated heterocycles. The van der Waals surface area contributed by atoms with Crippen molar-refractivity contribution < 1.29 is 0 Å². The Morgan fingerprint density at radius 1 is 1.50 bits per heavy atom. The third-order valence-electron chi connectivity index (χ3n) is 2.38. The van der Waals surface area contributed by atoms with E-state index in [1.807, 2.05) is 0 Å². The molecule has 0 aliphatic carbocycles. The normalized spacial score (nSPS) is 18.1. The first-order valence-corrected chi connectivity index (χ1v) is 5.30. The van der Waals surface area contributed by atoms with Gasteiger partial charge in [-0.05, 0) is 12.8 Å². The van der Waals surface area contributed by atoms with Gasteiger partial charge in [-0.25, -0.2) is 0 Å². The summed E-state index contributed by atoms with van der Waals surface area (Å²) in [4.78, 5) is 6.25. The molecule has 1 aliphatic heterocycles. The molecule has 1 aromatic heterocycles. The number of nitriles is 1. The van der Waals surface area contributed by atoms with E-state index in [4.69, 9.17) is 11.0 Å². The van der Waals surface area contributed by atoms with Crippen molar-refractivity contribution in [2.24, 2.45) is 5.92 Å². The lowest BCUT2D eigenvalue weighted by molar-refractivity contribution is 0.487. The summed E-state index contributed by atoms with van der Waals surface area (Å²) in [5.41, 5.74) is 5.45. The summed E-state index contributed by atoms with van der Waals surface area (Å²) in [5, 5.41) is 9.61. The van der Waals surface area contributed by atoms with Crippen LogP contribution >= 0.6 is 11.5 Å². The van der Waals surface area contributed by atoms with Gasteiger partial charge in [-0.1, -0.05) is 0 Å². The number of aromatic nitrogens is 2. The third-order valence-corrected chi connectivity index (χ3v) is 3.17. The number of piperidine rings is 1. The van der Waals surface area contributed by atoms with Gasteiger partial charge in [0.1, 0.15) is 0 Å². The Balaban J connectivity index is 1.99. The second-order valence-electron chi connectivity index (χ2n) is 3.33. The molecule has 1 aliphatic rings. The Morgan fingerprint density at radius 2 is 2.21 bits per heavy atom. The van der Waals surface area contributed by atoms with Crippen LogP contribution in [0.1, 0.15) is 12.8 Å². The number of nitrogens with two attached hydrogens (primary N) is 1. The third kappa shape index (κ3) is 1.77. The molecule has 0 radical (unpaired) electrons. The molecule has 1 aromatic rings. The van der Waals surface area contributed by atoms with Crippen LogP contribution in [0, 0.1) is 17.2 Å². The second kappa shape index (κ2) is 3.80. The fraction of sp³-hybridized carbons (Fsp3) is 0.625. The quantitative estimate of drug-likeness (QED) is 0.742. The fourth-order valence-corrected chi connectivity index (χ4v) is 2.20. The van der Waals surface area contributed by atoms with E-state index in [2.05, 4.69) is 20.3 Å². The number of hydrogen-bond donors (Lipinski definition) is 1. The number of nitrogens with zero attached hydrogens (tertiary/aromatic N) is 4. The molecule has 74 valence electrons. The van der Waals surface area contributed by atoms with E-state index < -0.39 is 0 Å². The van der Waals surface area contributed by atoms with Crippen molar-refractivity contribution >= 4 is 22.6 Å². The molecule has 0 amide bonds. The van der Waals surface area contributed by atoms with Gasteiger partial charge in [0.25, 0.3) is 0 Å². The molecule has 1 fully saturated rings. The highest BCUT2D eigenvalue weighted by Gasteiger charge is 2.20. The maximum absolute atomic E-state index is 8.74. The molecule has 0 atom stereocenters. The Kier molecular flexibility index (Phi) is 2.50. The largest absolute Gasteiger partial charge is 0.367 e. The molecule has 2 heterocycles. The van der Waals surface area contributed by atoms with Crippen molar-refractivity contribution in [2.45, 2.75) is 12.8 Å². The van der Waals surface area contributed by atoms with Gasteiger partial charge >= 0.3 is 0 Å². The first-order chi connectivity index (χ1) is 6.79. The average molecular weight is 209 g/mol. The van der Waals surface area contributed by atoms with Gasteiger partial charge < -0.3 is 10.6 Å². The SMILES string of the molecule is N#CC1CCN(c2nc(N)ns2)CC1. The minimum Gasteiger partial charge on any atom is -0.367 e. The maximum Gasteiger partial charge on any atom is 0.233 e. The zero-order valence-corrected chi connectivity index (χ0v) is 8.50. The van der Waals surface area contributed by atoms with Crippen molar-refractivity contribution in [1.29, 1.82) is 5.26 Å². The van der Waals surface area contributed by atoms with Crippen LogP contribution < -0.4 is 10.6 Å². The van der Waals surface area contributed by atoms with E-state index in [1.165, 1.54) is 11.5 Å². The van der Waals surface area contributed by atoms with E-state index in [1.54, 1.807) is 0 Å². The highest BCUT2D eigenvalue weighted by Crippen LogP contribution is 2.24. The highest BCUT2D eigenvalue weighted by molar-refractivity contribution is 7.09. The Labute approximate surface area is 86.3 Å². The molecule has 14 heavy (non-hydrogen) atoms. The van der Waals surface area contributed by atoms with E-state index in [0.29, 0.717) is 5.95 Å². The van der Waals surface area contributed by atoms with Crippen molar-refractivity contribution in [3.05, 3.63) is 0 Å². The molecule has 0 spiro atoms. The summed E-state index contributed by atoms with van der Waals surface area (Å²) in [5.74, 6) is 0.545. The smallest absolute Gasteiger partial charge is 0.233 e. The molecule has 0 unspecified atom stereocenters. The van der Waals surface area contributed by atoms with Crippen LogP contribution in [0.2, 0.25) is 0 Å². The Bertz CT molecular complexity index is 347. The Morgan fingerprint density at radius 3 is 2.71 bits per heavy atom. The minimum atomic E-state index is 0.205.